The van der Waals surface area contributed by atoms with E-state index in [0.29, 0.717) is 0 Å². The summed E-state index contributed by atoms with van der Waals surface area (Å²) >= 11 is 1.76. The summed E-state index contributed by atoms with van der Waals surface area (Å²) in [6.07, 6.45) is 0.0283. The molecule has 2 saturated heterocycles. The van der Waals surface area contributed by atoms with Gasteiger partial charge in [-0.05, 0) is 20.8 Å². The van der Waals surface area contributed by atoms with Gasteiger partial charge in [0.15, 0.2) is 0 Å². The Kier molecular flexibility index (Phi) is 2.85. The van der Waals surface area contributed by atoms with Crippen molar-refractivity contribution in [2.75, 3.05) is 18.2 Å². The summed E-state index contributed by atoms with van der Waals surface area (Å²) in [5.74, 6) is 1.68. The Morgan fingerprint density at radius 3 is 2.73 bits per heavy atom. The maximum Gasteiger partial charge on any atom is 0.411 e. The molecular formula is C10H17NO3S. The molecule has 86 valence electrons. The van der Waals surface area contributed by atoms with Crippen LogP contribution in [0, 0.1) is 0 Å². The van der Waals surface area contributed by atoms with E-state index in [0.717, 1.165) is 18.2 Å². The van der Waals surface area contributed by atoms with E-state index in [1.807, 2.05) is 20.8 Å². The predicted octanol–water partition coefficient (Wildman–Crippen LogP) is 1.70. The van der Waals surface area contributed by atoms with Crippen LogP contribution in [0.1, 0.15) is 20.8 Å². The summed E-state index contributed by atoms with van der Waals surface area (Å²) < 4.78 is 10.6. The Morgan fingerprint density at radius 1 is 1.53 bits per heavy atom. The molecule has 0 aromatic heterocycles. The Morgan fingerprint density at radius 2 is 2.20 bits per heavy atom. The molecule has 2 heterocycles. The molecule has 0 aliphatic carbocycles. The second-order valence-electron chi connectivity index (χ2n) is 4.89. The van der Waals surface area contributed by atoms with Crippen molar-refractivity contribution in [3.05, 3.63) is 0 Å². The van der Waals surface area contributed by atoms with Gasteiger partial charge in [0.1, 0.15) is 11.7 Å². The fourth-order valence-corrected chi connectivity index (χ4v) is 2.79. The first-order valence-electron chi connectivity index (χ1n) is 5.16. The molecule has 0 saturated carbocycles. The fourth-order valence-electron chi connectivity index (χ4n) is 1.55. The first-order valence-corrected chi connectivity index (χ1v) is 6.32. The smallest absolute Gasteiger partial charge is 0.411 e. The van der Waals surface area contributed by atoms with Gasteiger partial charge in [0.2, 0.25) is 0 Å². The van der Waals surface area contributed by atoms with E-state index >= 15 is 0 Å². The standard InChI is InChI=1S/C10H17NO3S/c1-10(2,3)14-9(12)11-6-15-5-7(11)8-4-13-8/h7-8H,4-6H2,1-3H3/t7-,8-/m1/s1. The average Bonchev–Trinajstić information content (AvgIpc) is 2.80. The molecule has 0 bridgehead atoms. The maximum atomic E-state index is 11.8. The van der Waals surface area contributed by atoms with Crippen molar-refractivity contribution in [1.82, 2.24) is 4.90 Å². The van der Waals surface area contributed by atoms with Crippen molar-refractivity contribution in [2.45, 2.75) is 38.5 Å². The van der Waals surface area contributed by atoms with E-state index in [-0.39, 0.29) is 18.2 Å². The van der Waals surface area contributed by atoms with Crippen LogP contribution in [0.15, 0.2) is 0 Å². The van der Waals surface area contributed by atoms with Crippen LogP contribution in [0.4, 0.5) is 4.79 Å². The minimum Gasteiger partial charge on any atom is -0.444 e. The molecule has 2 fully saturated rings. The number of nitrogens with zero attached hydrogens (tertiary/aromatic N) is 1. The molecule has 0 unspecified atom stereocenters. The molecule has 0 radical (unpaired) electrons. The molecule has 0 aromatic rings. The highest BCUT2D eigenvalue weighted by Crippen LogP contribution is 2.30. The Labute approximate surface area is 94.3 Å². The summed E-state index contributed by atoms with van der Waals surface area (Å²) in [6, 6.07) is 0.213. The third-order valence-corrected chi connectivity index (χ3v) is 3.37. The van der Waals surface area contributed by atoms with Crippen LogP contribution in [0.3, 0.4) is 0 Å². The summed E-state index contributed by atoms with van der Waals surface area (Å²) in [7, 11) is 0. The van der Waals surface area contributed by atoms with Gasteiger partial charge in [-0.1, -0.05) is 0 Å². The Hall–Kier alpha value is -0.420. The van der Waals surface area contributed by atoms with Gasteiger partial charge < -0.3 is 9.47 Å². The predicted molar refractivity (Wildman–Crippen MR) is 58.9 cm³/mol. The van der Waals surface area contributed by atoms with E-state index in [1.165, 1.54) is 0 Å². The third kappa shape index (κ3) is 2.78. The quantitative estimate of drug-likeness (QED) is 0.644. The van der Waals surface area contributed by atoms with E-state index in [1.54, 1.807) is 16.7 Å². The van der Waals surface area contributed by atoms with E-state index in [9.17, 15) is 4.79 Å². The lowest BCUT2D eigenvalue weighted by Crippen LogP contribution is -2.43. The van der Waals surface area contributed by atoms with Crippen LogP contribution in [0.5, 0.6) is 0 Å². The molecule has 0 N–H and O–H groups in total. The van der Waals surface area contributed by atoms with E-state index < -0.39 is 5.60 Å². The number of hydrogen-bond donors (Lipinski definition) is 0. The van der Waals surface area contributed by atoms with Crippen LogP contribution in [-0.2, 0) is 9.47 Å². The zero-order valence-electron chi connectivity index (χ0n) is 9.36. The minimum absolute atomic E-state index is 0.213. The average molecular weight is 231 g/mol. The number of hydrogen-bond acceptors (Lipinski definition) is 4. The Balaban J connectivity index is 1.93. The molecule has 4 nitrogen and oxygen atoms in total. The molecule has 2 aliphatic heterocycles. The van der Waals surface area contributed by atoms with Gasteiger partial charge in [0, 0.05) is 5.75 Å². The number of rotatable bonds is 1. The second kappa shape index (κ2) is 3.87. The molecule has 2 atom stereocenters. The summed E-state index contributed by atoms with van der Waals surface area (Å²) in [5.41, 5.74) is -0.417. The maximum absolute atomic E-state index is 11.8. The molecular weight excluding hydrogens is 214 g/mol. The van der Waals surface area contributed by atoms with E-state index in [2.05, 4.69) is 0 Å². The summed E-state index contributed by atoms with van der Waals surface area (Å²) in [4.78, 5) is 13.6. The van der Waals surface area contributed by atoms with Crippen LogP contribution >= 0.6 is 11.8 Å². The molecule has 0 aromatic carbocycles. The normalized spacial score (nSPS) is 30.5. The van der Waals surface area contributed by atoms with Crippen molar-refractivity contribution in [2.24, 2.45) is 0 Å². The first-order chi connectivity index (χ1) is 6.97. The third-order valence-electron chi connectivity index (χ3n) is 2.34. The lowest BCUT2D eigenvalue weighted by molar-refractivity contribution is 0.0218. The molecule has 0 spiro atoms. The lowest BCUT2D eigenvalue weighted by atomic mass is 10.2. The highest BCUT2D eigenvalue weighted by molar-refractivity contribution is 7.99. The zero-order chi connectivity index (χ0) is 11.1. The molecule has 5 heteroatoms. The minimum atomic E-state index is -0.417. The monoisotopic (exact) mass is 231 g/mol. The number of ether oxygens (including phenoxy) is 2. The fraction of sp³-hybridized carbons (Fsp3) is 0.900. The number of amides is 1. The van der Waals surface area contributed by atoms with Crippen molar-refractivity contribution < 1.29 is 14.3 Å². The number of epoxide rings is 1. The number of carbonyl (C=O) groups excluding carboxylic acids is 1. The first kappa shape index (κ1) is 11.1. The Bertz CT molecular complexity index is 260. The SMILES string of the molecule is CC(C)(C)OC(=O)N1CSC[C@@H]1[C@H]1CO1. The summed E-state index contributed by atoms with van der Waals surface area (Å²) in [5, 5.41) is 0. The van der Waals surface area contributed by atoms with Crippen molar-refractivity contribution in [3.63, 3.8) is 0 Å². The van der Waals surface area contributed by atoms with Gasteiger partial charge in [-0.15, -0.1) is 11.8 Å². The van der Waals surface area contributed by atoms with Gasteiger partial charge in [-0.3, -0.25) is 4.90 Å². The van der Waals surface area contributed by atoms with Gasteiger partial charge in [-0.25, -0.2) is 4.79 Å². The topological polar surface area (TPSA) is 42.1 Å². The van der Waals surface area contributed by atoms with Crippen LogP contribution < -0.4 is 0 Å². The van der Waals surface area contributed by atoms with Gasteiger partial charge >= 0.3 is 6.09 Å². The van der Waals surface area contributed by atoms with Crippen LogP contribution in [-0.4, -0.2) is 47.0 Å². The second-order valence-corrected chi connectivity index (χ2v) is 5.89. The van der Waals surface area contributed by atoms with Crippen LogP contribution in [0.25, 0.3) is 0 Å². The highest BCUT2D eigenvalue weighted by atomic mass is 32.2. The number of carbonyl (C=O) groups is 1. The molecule has 15 heavy (non-hydrogen) atoms. The van der Waals surface area contributed by atoms with Gasteiger partial charge in [-0.2, -0.15) is 0 Å². The summed E-state index contributed by atoms with van der Waals surface area (Å²) in [6.45, 7) is 6.44. The van der Waals surface area contributed by atoms with E-state index in [4.69, 9.17) is 9.47 Å². The lowest BCUT2D eigenvalue weighted by Gasteiger charge is -2.27. The van der Waals surface area contributed by atoms with Crippen molar-refractivity contribution >= 4 is 17.9 Å². The van der Waals surface area contributed by atoms with Crippen molar-refractivity contribution in [3.8, 4) is 0 Å². The number of thioether (sulfide) groups is 1. The van der Waals surface area contributed by atoms with Gasteiger partial charge in [0.05, 0.1) is 18.5 Å². The van der Waals surface area contributed by atoms with Crippen LogP contribution in [0.2, 0.25) is 0 Å². The largest absolute Gasteiger partial charge is 0.444 e. The molecule has 2 rings (SSSR count). The zero-order valence-corrected chi connectivity index (χ0v) is 10.2. The van der Waals surface area contributed by atoms with Crippen molar-refractivity contribution in [1.29, 1.82) is 0 Å². The molecule has 1 amide bonds. The highest BCUT2D eigenvalue weighted by Gasteiger charge is 2.43. The molecule has 2 aliphatic rings. The van der Waals surface area contributed by atoms with Gasteiger partial charge in [0.25, 0.3) is 0 Å².